The predicted molar refractivity (Wildman–Crippen MR) is 134 cm³/mol. The van der Waals surface area contributed by atoms with E-state index in [-0.39, 0.29) is 29.1 Å². The van der Waals surface area contributed by atoms with E-state index in [4.69, 9.17) is 11.6 Å². The van der Waals surface area contributed by atoms with Gasteiger partial charge in [0.15, 0.2) is 0 Å². The molecular weight excluding hydrogens is 473 g/mol. The molecule has 186 valence electrons. The number of nitrogens with zero attached hydrogens (tertiary/aromatic N) is 2. The lowest BCUT2D eigenvalue weighted by atomic mass is 9.94. The second-order valence-electron chi connectivity index (χ2n) is 10.6. The number of halogens is 4. The van der Waals surface area contributed by atoms with Crippen LogP contribution in [0.2, 0.25) is 5.02 Å². The van der Waals surface area contributed by atoms with E-state index in [2.05, 4.69) is 0 Å². The van der Waals surface area contributed by atoms with Crippen molar-refractivity contribution in [2.24, 2.45) is 5.41 Å². The largest absolute Gasteiger partial charge is 0.431 e. The van der Waals surface area contributed by atoms with E-state index in [0.717, 1.165) is 0 Å². The van der Waals surface area contributed by atoms with Gasteiger partial charge in [0, 0.05) is 30.7 Å². The predicted octanol–water partition coefficient (Wildman–Crippen LogP) is 7.87. The first-order valence-corrected chi connectivity index (χ1v) is 12.1. The summed E-state index contributed by atoms with van der Waals surface area (Å²) in [6, 6.07) is 15.7. The Kier molecular flexibility index (Phi) is 6.80. The molecule has 0 atom stereocenters. The Labute approximate surface area is 209 Å². The number of carbonyl (C=O) groups excluding carboxylic acids is 1. The van der Waals surface area contributed by atoms with Gasteiger partial charge in [-0.15, -0.1) is 0 Å². The molecule has 3 nitrogen and oxygen atoms in total. The molecule has 0 radical (unpaired) electrons. The quantitative estimate of drug-likeness (QED) is 0.336. The van der Waals surface area contributed by atoms with Crippen molar-refractivity contribution in [1.29, 1.82) is 0 Å². The molecule has 1 aliphatic rings. The van der Waals surface area contributed by atoms with Crippen LogP contribution in [0.15, 0.2) is 54.6 Å². The first kappa shape index (κ1) is 25.4. The van der Waals surface area contributed by atoms with Crippen molar-refractivity contribution in [3.63, 3.8) is 0 Å². The van der Waals surface area contributed by atoms with Crippen molar-refractivity contribution in [2.75, 3.05) is 13.6 Å². The van der Waals surface area contributed by atoms with Crippen molar-refractivity contribution in [3.05, 3.63) is 82.1 Å². The minimum atomic E-state index is -4.62. The normalized spacial score (nSPS) is 14.3. The molecule has 1 aromatic heterocycles. The first-order chi connectivity index (χ1) is 16.4. The second kappa shape index (κ2) is 9.38. The van der Waals surface area contributed by atoms with E-state index in [0.29, 0.717) is 41.1 Å². The van der Waals surface area contributed by atoms with E-state index < -0.39 is 17.8 Å². The van der Waals surface area contributed by atoms with Gasteiger partial charge in [-0.05, 0) is 53.0 Å². The van der Waals surface area contributed by atoms with Gasteiger partial charge >= 0.3 is 6.18 Å². The Balaban J connectivity index is 2.03. The lowest BCUT2D eigenvalue weighted by Crippen LogP contribution is -2.36. The van der Waals surface area contributed by atoms with E-state index in [1.54, 1.807) is 55.6 Å². The first-order valence-electron chi connectivity index (χ1n) is 11.8. The van der Waals surface area contributed by atoms with Crippen molar-refractivity contribution in [3.8, 4) is 11.1 Å². The maximum Gasteiger partial charge on any atom is 0.431 e. The molecule has 3 aromatic rings. The molecule has 2 aromatic carbocycles. The molecule has 35 heavy (non-hydrogen) atoms. The molecule has 0 saturated heterocycles. The molecule has 0 bridgehead atoms. The van der Waals surface area contributed by atoms with E-state index >= 15 is 0 Å². The third-order valence-corrected chi connectivity index (χ3v) is 6.38. The van der Waals surface area contributed by atoms with Gasteiger partial charge in [-0.3, -0.25) is 4.79 Å². The van der Waals surface area contributed by atoms with Gasteiger partial charge in [0.2, 0.25) is 0 Å². The van der Waals surface area contributed by atoms with Gasteiger partial charge in [-0.1, -0.05) is 74.8 Å². The molecule has 0 spiro atoms. The molecule has 1 heterocycles. The second-order valence-corrected chi connectivity index (χ2v) is 11.0. The fraction of sp³-hybridized carbons (Fsp3) is 0.393. The zero-order valence-electron chi connectivity index (χ0n) is 20.4. The van der Waals surface area contributed by atoms with Crippen LogP contribution in [0.1, 0.15) is 66.8 Å². The molecular formula is C28H30ClF3N2O. The Bertz CT molecular complexity index is 1200. The Hall–Kier alpha value is -2.73. The highest BCUT2D eigenvalue weighted by Crippen LogP contribution is 2.52. The highest BCUT2D eigenvalue weighted by molar-refractivity contribution is 6.30. The number of carbonyl (C=O) groups is 1. The minimum Gasteiger partial charge on any atom is -0.340 e. The highest BCUT2D eigenvalue weighted by Gasteiger charge is 2.46. The Morgan fingerprint density at radius 3 is 2.14 bits per heavy atom. The van der Waals surface area contributed by atoms with Crippen molar-refractivity contribution in [2.45, 2.75) is 52.3 Å². The number of amides is 1. The maximum absolute atomic E-state index is 14.7. The number of hydrogen-bond acceptors (Lipinski definition) is 1. The zero-order chi connectivity index (χ0) is 25.5. The Morgan fingerprint density at radius 1 is 1.03 bits per heavy atom. The third kappa shape index (κ3) is 5.58. The maximum atomic E-state index is 14.7. The summed E-state index contributed by atoms with van der Waals surface area (Å²) in [6.45, 7) is 6.35. The summed E-state index contributed by atoms with van der Waals surface area (Å²) in [5.74, 6) is -0.646. The standard InChI is InChI=1S/C28H30ClF3N2O/c1-27(2,3)17-33(4)26(35)24-22(19-12-14-21(29)15-13-19)23(20-10-11-20)25(28(30,31)32)34(24)16-18-8-6-5-7-9-18/h5-9,12-15,20H,10-11,16-17H2,1-4H3. The average Bonchev–Trinajstić information content (AvgIpc) is 3.54. The highest BCUT2D eigenvalue weighted by atomic mass is 35.5. The summed E-state index contributed by atoms with van der Waals surface area (Å²) in [5.41, 5.74) is 1.01. The van der Waals surface area contributed by atoms with Crippen molar-refractivity contribution < 1.29 is 18.0 Å². The molecule has 1 aliphatic carbocycles. The van der Waals surface area contributed by atoms with Crippen LogP contribution in [-0.4, -0.2) is 29.0 Å². The molecule has 0 unspecified atom stereocenters. The van der Waals surface area contributed by atoms with Gasteiger partial charge in [0.1, 0.15) is 11.4 Å². The smallest absolute Gasteiger partial charge is 0.340 e. The molecule has 7 heteroatoms. The summed E-state index contributed by atoms with van der Waals surface area (Å²) in [5, 5.41) is 0.485. The van der Waals surface area contributed by atoms with Crippen LogP contribution in [-0.2, 0) is 12.7 Å². The number of hydrogen-bond donors (Lipinski definition) is 0. The summed E-state index contributed by atoms with van der Waals surface area (Å²) in [6.07, 6.45) is -3.27. The average molecular weight is 503 g/mol. The zero-order valence-corrected chi connectivity index (χ0v) is 21.2. The summed E-state index contributed by atoms with van der Waals surface area (Å²) in [4.78, 5) is 15.5. The molecule has 1 fully saturated rings. The van der Waals surface area contributed by atoms with Crippen LogP contribution in [0.25, 0.3) is 11.1 Å². The van der Waals surface area contributed by atoms with Crippen molar-refractivity contribution in [1.82, 2.24) is 9.47 Å². The van der Waals surface area contributed by atoms with E-state index in [1.807, 2.05) is 26.8 Å². The number of alkyl halides is 3. The van der Waals surface area contributed by atoms with Gasteiger partial charge in [0.05, 0.1) is 0 Å². The minimum absolute atomic E-state index is 0.0482. The fourth-order valence-corrected chi connectivity index (χ4v) is 4.86. The lowest BCUT2D eigenvalue weighted by molar-refractivity contribution is -0.144. The van der Waals surface area contributed by atoms with Crippen LogP contribution >= 0.6 is 11.6 Å². The van der Waals surface area contributed by atoms with Crippen LogP contribution < -0.4 is 0 Å². The van der Waals surface area contributed by atoms with Gasteiger partial charge < -0.3 is 9.47 Å². The Morgan fingerprint density at radius 2 is 1.63 bits per heavy atom. The molecule has 0 aliphatic heterocycles. The van der Waals surface area contributed by atoms with Crippen LogP contribution in [0.5, 0.6) is 0 Å². The van der Waals surface area contributed by atoms with Gasteiger partial charge in [-0.25, -0.2) is 0 Å². The SMILES string of the molecule is CN(CC(C)(C)C)C(=O)c1c(-c2ccc(Cl)cc2)c(C2CC2)c(C(F)(F)F)n1Cc1ccccc1. The topological polar surface area (TPSA) is 25.2 Å². The molecule has 0 N–H and O–H groups in total. The van der Waals surface area contributed by atoms with Crippen LogP contribution in [0.4, 0.5) is 13.2 Å². The molecule has 1 saturated carbocycles. The lowest BCUT2D eigenvalue weighted by Gasteiger charge is -2.28. The van der Waals surface area contributed by atoms with Gasteiger partial charge in [0.25, 0.3) is 5.91 Å². The summed E-state index contributed by atoms with van der Waals surface area (Å²) in [7, 11) is 1.66. The van der Waals surface area contributed by atoms with E-state index in [9.17, 15) is 18.0 Å². The number of aromatic nitrogens is 1. The van der Waals surface area contributed by atoms with Crippen LogP contribution in [0.3, 0.4) is 0 Å². The monoisotopic (exact) mass is 502 g/mol. The van der Waals surface area contributed by atoms with Crippen molar-refractivity contribution >= 4 is 17.5 Å². The van der Waals surface area contributed by atoms with E-state index in [1.165, 1.54) is 9.47 Å². The molecule has 1 amide bonds. The third-order valence-electron chi connectivity index (χ3n) is 6.13. The number of rotatable bonds is 6. The van der Waals surface area contributed by atoms with Gasteiger partial charge in [-0.2, -0.15) is 13.2 Å². The summed E-state index contributed by atoms with van der Waals surface area (Å²) >= 11 is 6.10. The number of benzene rings is 2. The summed E-state index contributed by atoms with van der Waals surface area (Å²) < 4.78 is 45.4. The van der Waals surface area contributed by atoms with Crippen LogP contribution in [0, 0.1) is 5.41 Å². The fourth-order valence-electron chi connectivity index (χ4n) is 4.73. The molecule has 4 rings (SSSR count).